The fraction of sp³-hybridized carbons (Fsp3) is 0. The number of para-hydroxylation sites is 5. The van der Waals surface area contributed by atoms with Gasteiger partial charge in [-0.05, 0) is 113 Å². The first kappa shape index (κ1) is 30.6. The average molecular weight is 682 g/mol. The second-order valence-electron chi connectivity index (χ2n) is 13.4. The molecule has 10 aromatic rings. The van der Waals surface area contributed by atoms with Gasteiger partial charge in [0.05, 0.1) is 32.6 Å². The van der Waals surface area contributed by atoms with E-state index in [0.717, 1.165) is 72.0 Å². The van der Waals surface area contributed by atoms with Crippen LogP contribution in [0.5, 0.6) is 0 Å². The second kappa shape index (κ2) is 12.2. The van der Waals surface area contributed by atoms with Crippen molar-refractivity contribution in [1.29, 1.82) is 0 Å². The average Bonchev–Trinajstić information content (AvgIpc) is 3.73. The molecule has 8 aromatic carbocycles. The van der Waals surface area contributed by atoms with Gasteiger partial charge in [-0.25, -0.2) is 0 Å². The molecular weight excluding hydrogens is 651 g/mol. The van der Waals surface area contributed by atoms with Crippen molar-refractivity contribution in [3.63, 3.8) is 0 Å². The highest BCUT2D eigenvalue weighted by atomic mass is 16.6. The maximum Gasteiger partial charge on any atom is 0.277 e. The molecule has 0 aliphatic heterocycles. The molecule has 250 valence electrons. The van der Waals surface area contributed by atoms with Gasteiger partial charge in [-0.15, -0.1) is 0 Å². The number of nitro groups is 1. The van der Waals surface area contributed by atoms with Crippen LogP contribution in [0, 0.1) is 10.1 Å². The van der Waals surface area contributed by atoms with E-state index in [2.05, 4.69) is 161 Å². The quantitative estimate of drug-likeness (QED) is 0.130. The minimum Gasteiger partial charge on any atom is -0.309 e. The summed E-state index contributed by atoms with van der Waals surface area (Å²) in [6.07, 6.45) is 0. The Bertz CT molecular complexity index is 2860. The molecule has 0 atom stereocenters. The lowest BCUT2D eigenvalue weighted by Gasteiger charge is -2.13. The zero-order valence-electron chi connectivity index (χ0n) is 28.6. The monoisotopic (exact) mass is 681 g/mol. The van der Waals surface area contributed by atoms with Gasteiger partial charge in [-0.3, -0.25) is 10.1 Å². The molecule has 0 aliphatic rings. The predicted octanol–water partition coefficient (Wildman–Crippen LogP) is 12.8. The summed E-state index contributed by atoms with van der Waals surface area (Å²) < 4.78 is 4.62. The molecule has 0 N–H and O–H groups in total. The lowest BCUT2D eigenvalue weighted by atomic mass is 9.92. The van der Waals surface area contributed by atoms with Crippen molar-refractivity contribution in [1.82, 2.24) is 9.13 Å². The summed E-state index contributed by atoms with van der Waals surface area (Å²) in [7, 11) is 0. The highest BCUT2D eigenvalue weighted by Crippen LogP contribution is 2.41. The smallest absolute Gasteiger partial charge is 0.277 e. The molecule has 0 aliphatic carbocycles. The van der Waals surface area contributed by atoms with Crippen LogP contribution in [0.15, 0.2) is 188 Å². The molecular formula is C48H31N3O2. The number of fused-ring (bicyclic) bond motifs is 6. The topological polar surface area (TPSA) is 53.0 Å². The van der Waals surface area contributed by atoms with Gasteiger partial charge in [0.1, 0.15) is 0 Å². The molecule has 10 rings (SSSR count). The summed E-state index contributed by atoms with van der Waals surface area (Å²) in [5.41, 5.74) is 12.3. The van der Waals surface area contributed by atoms with Crippen LogP contribution in [0.2, 0.25) is 0 Å². The van der Waals surface area contributed by atoms with Gasteiger partial charge >= 0.3 is 0 Å². The minimum absolute atomic E-state index is 0.0818. The molecule has 0 radical (unpaired) electrons. The van der Waals surface area contributed by atoms with E-state index < -0.39 is 0 Å². The van der Waals surface area contributed by atoms with Crippen molar-refractivity contribution in [2.45, 2.75) is 0 Å². The molecule has 5 heteroatoms. The zero-order valence-corrected chi connectivity index (χ0v) is 28.6. The maximum absolute atomic E-state index is 12.3. The fourth-order valence-corrected chi connectivity index (χ4v) is 8.01. The molecule has 5 nitrogen and oxygen atoms in total. The molecule has 2 heterocycles. The number of aromatic nitrogens is 2. The Hall–Kier alpha value is -7.24. The van der Waals surface area contributed by atoms with Crippen molar-refractivity contribution in [3.05, 3.63) is 198 Å². The summed E-state index contributed by atoms with van der Waals surface area (Å²) in [4.78, 5) is 12.0. The van der Waals surface area contributed by atoms with Crippen LogP contribution in [-0.4, -0.2) is 14.1 Å². The summed E-state index contributed by atoms with van der Waals surface area (Å²) in [6.45, 7) is 0. The standard InChI is InChI=1S/C48H31N3O2/c52-51(53)48-22-12-7-17-39(48)36-28-34(32-23-25-46-42(30-32)40-18-8-10-20-44(40)49(46)37-13-3-1-4-14-37)27-35(29-36)33-24-26-47-43(31-33)41-19-9-11-21-45(41)50(47)38-15-5-2-6-16-38/h1-31H. The van der Waals surface area contributed by atoms with E-state index in [1.807, 2.05) is 24.3 Å². The zero-order chi connectivity index (χ0) is 35.5. The van der Waals surface area contributed by atoms with E-state index in [1.54, 1.807) is 12.1 Å². The van der Waals surface area contributed by atoms with Crippen molar-refractivity contribution < 1.29 is 4.92 Å². The molecule has 2 aromatic heterocycles. The first-order chi connectivity index (χ1) is 26.1. The lowest BCUT2D eigenvalue weighted by Crippen LogP contribution is -1.94. The largest absolute Gasteiger partial charge is 0.309 e. The Kier molecular flexibility index (Phi) is 7.05. The van der Waals surface area contributed by atoms with E-state index in [1.165, 1.54) is 10.8 Å². The molecule has 0 spiro atoms. The Morgan fingerprint density at radius 3 is 1.28 bits per heavy atom. The van der Waals surface area contributed by atoms with Crippen LogP contribution in [0.1, 0.15) is 0 Å². The minimum atomic E-state index is -0.295. The van der Waals surface area contributed by atoms with Gasteiger partial charge in [-0.2, -0.15) is 0 Å². The summed E-state index contributed by atoms with van der Waals surface area (Å²) in [6, 6.07) is 64.5. The highest BCUT2D eigenvalue weighted by Gasteiger charge is 2.19. The number of benzene rings is 8. The van der Waals surface area contributed by atoms with E-state index in [4.69, 9.17) is 0 Å². The predicted molar refractivity (Wildman–Crippen MR) is 218 cm³/mol. The third-order valence-corrected chi connectivity index (χ3v) is 10.4. The van der Waals surface area contributed by atoms with Gasteiger partial charge in [-0.1, -0.05) is 97.1 Å². The van der Waals surface area contributed by atoms with Crippen LogP contribution in [0.25, 0.3) is 88.4 Å². The van der Waals surface area contributed by atoms with E-state index >= 15 is 0 Å². The summed E-state index contributed by atoms with van der Waals surface area (Å²) in [5.74, 6) is 0. The van der Waals surface area contributed by atoms with Crippen molar-refractivity contribution in [2.24, 2.45) is 0 Å². The van der Waals surface area contributed by atoms with Gasteiger partial charge in [0.25, 0.3) is 5.69 Å². The van der Waals surface area contributed by atoms with Crippen molar-refractivity contribution >= 4 is 49.3 Å². The molecule has 0 saturated heterocycles. The maximum atomic E-state index is 12.3. The van der Waals surface area contributed by atoms with Gasteiger partial charge in [0, 0.05) is 39.0 Å². The first-order valence-corrected chi connectivity index (χ1v) is 17.7. The summed E-state index contributed by atoms with van der Waals surface area (Å²) in [5, 5.41) is 16.9. The van der Waals surface area contributed by atoms with E-state index in [0.29, 0.717) is 5.56 Å². The van der Waals surface area contributed by atoms with E-state index in [9.17, 15) is 10.1 Å². The number of rotatable bonds is 6. The normalized spacial score (nSPS) is 11.5. The Morgan fingerprint density at radius 1 is 0.358 bits per heavy atom. The Morgan fingerprint density at radius 2 is 0.774 bits per heavy atom. The third kappa shape index (κ3) is 5.01. The number of nitrogens with zero attached hydrogens (tertiary/aromatic N) is 3. The van der Waals surface area contributed by atoms with Crippen molar-refractivity contribution in [2.75, 3.05) is 0 Å². The SMILES string of the molecule is O=[N+]([O-])c1ccccc1-c1cc(-c2ccc3c(c2)c2ccccc2n3-c2ccccc2)cc(-c2ccc3c(c2)c2ccccc2n3-c2ccccc2)c1. The van der Waals surface area contributed by atoms with E-state index in [-0.39, 0.29) is 10.6 Å². The molecule has 0 fully saturated rings. The van der Waals surface area contributed by atoms with Gasteiger partial charge in [0.15, 0.2) is 0 Å². The highest BCUT2D eigenvalue weighted by molar-refractivity contribution is 6.12. The molecule has 0 saturated carbocycles. The second-order valence-corrected chi connectivity index (χ2v) is 13.4. The molecule has 0 amide bonds. The van der Waals surface area contributed by atoms with Crippen LogP contribution in [0.4, 0.5) is 5.69 Å². The number of hydrogen-bond acceptors (Lipinski definition) is 2. The van der Waals surface area contributed by atoms with Crippen molar-refractivity contribution in [3.8, 4) is 44.8 Å². The van der Waals surface area contributed by atoms with Crippen LogP contribution >= 0.6 is 0 Å². The van der Waals surface area contributed by atoms with Gasteiger partial charge < -0.3 is 9.13 Å². The van der Waals surface area contributed by atoms with Gasteiger partial charge in [0.2, 0.25) is 0 Å². The fourth-order valence-electron chi connectivity index (χ4n) is 8.01. The van der Waals surface area contributed by atoms with Crippen LogP contribution in [-0.2, 0) is 0 Å². The Balaban J connectivity index is 1.21. The molecule has 53 heavy (non-hydrogen) atoms. The number of hydrogen-bond donors (Lipinski definition) is 0. The number of nitro benzene ring substituents is 1. The first-order valence-electron chi connectivity index (χ1n) is 17.7. The lowest BCUT2D eigenvalue weighted by molar-refractivity contribution is -0.384. The van der Waals surface area contributed by atoms with Crippen LogP contribution in [0.3, 0.4) is 0 Å². The Labute approximate surface area is 305 Å². The van der Waals surface area contributed by atoms with Crippen LogP contribution < -0.4 is 0 Å². The molecule has 0 unspecified atom stereocenters. The molecule has 0 bridgehead atoms. The summed E-state index contributed by atoms with van der Waals surface area (Å²) >= 11 is 0. The third-order valence-electron chi connectivity index (χ3n) is 10.4.